The van der Waals surface area contributed by atoms with E-state index in [9.17, 15) is 0 Å². The first kappa shape index (κ1) is 13.6. The van der Waals surface area contributed by atoms with Crippen LogP contribution >= 0.6 is 11.3 Å². The molecule has 19 heavy (non-hydrogen) atoms. The summed E-state index contributed by atoms with van der Waals surface area (Å²) in [5.41, 5.74) is 7.99. The van der Waals surface area contributed by atoms with Gasteiger partial charge in [-0.05, 0) is 55.9 Å². The summed E-state index contributed by atoms with van der Waals surface area (Å²) in [4.78, 5) is 6.82. The lowest BCUT2D eigenvalue weighted by molar-refractivity contribution is 0.0189. The number of rotatable bonds is 3. The zero-order valence-corrected chi connectivity index (χ0v) is 12.7. The largest absolute Gasteiger partial charge is 0.329 e. The molecule has 2 N–H and O–H groups in total. The monoisotopic (exact) mass is 279 g/mol. The number of hydrogen-bond donors (Lipinski definition) is 1. The first-order valence-electron chi connectivity index (χ1n) is 7.50. The van der Waals surface area contributed by atoms with Gasteiger partial charge in [-0.15, -0.1) is 11.3 Å². The highest BCUT2D eigenvalue weighted by atomic mass is 32.1. The minimum atomic E-state index is 0.255. The van der Waals surface area contributed by atoms with Gasteiger partial charge in [-0.1, -0.05) is 6.92 Å². The molecule has 0 aliphatic carbocycles. The van der Waals surface area contributed by atoms with E-state index >= 15 is 0 Å². The molecular weight excluding hydrogens is 254 g/mol. The SMILES string of the molecule is CCN1CCC(CN)(N2CCc3sccc3C2)CC1. The van der Waals surface area contributed by atoms with Crippen molar-refractivity contribution in [1.82, 2.24) is 9.80 Å². The molecule has 0 amide bonds. The molecule has 3 rings (SSSR count). The van der Waals surface area contributed by atoms with Gasteiger partial charge in [-0.2, -0.15) is 0 Å². The predicted molar refractivity (Wildman–Crippen MR) is 81.6 cm³/mol. The third-order valence-electron chi connectivity index (χ3n) is 5.09. The maximum atomic E-state index is 6.19. The van der Waals surface area contributed by atoms with E-state index in [2.05, 4.69) is 28.2 Å². The van der Waals surface area contributed by atoms with Crippen molar-refractivity contribution in [3.05, 3.63) is 21.9 Å². The van der Waals surface area contributed by atoms with E-state index in [0.29, 0.717) is 0 Å². The second-order valence-electron chi connectivity index (χ2n) is 5.90. The Bertz CT molecular complexity index is 421. The molecule has 1 fully saturated rings. The fourth-order valence-corrected chi connectivity index (χ4v) is 4.48. The molecule has 3 heterocycles. The van der Waals surface area contributed by atoms with E-state index < -0.39 is 0 Å². The predicted octanol–water partition coefficient (Wildman–Crippen LogP) is 1.92. The number of nitrogens with two attached hydrogens (primary N) is 1. The average molecular weight is 279 g/mol. The fourth-order valence-electron chi connectivity index (χ4n) is 3.59. The van der Waals surface area contributed by atoms with Crippen molar-refractivity contribution in [2.24, 2.45) is 5.73 Å². The summed E-state index contributed by atoms with van der Waals surface area (Å²) in [5, 5.41) is 2.24. The van der Waals surface area contributed by atoms with Gasteiger partial charge in [0.2, 0.25) is 0 Å². The molecule has 0 radical (unpaired) electrons. The second kappa shape index (κ2) is 5.52. The van der Waals surface area contributed by atoms with E-state index in [1.165, 1.54) is 45.4 Å². The van der Waals surface area contributed by atoms with Crippen molar-refractivity contribution in [3.8, 4) is 0 Å². The third-order valence-corrected chi connectivity index (χ3v) is 6.12. The fraction of sp³-hybridized carbons (Fsp3) is 0.733. The highest BCUT2D eigenvalue weighted by Crippen LogP contribution is 2.34. The lowest BCUT2D eigenvalue weighted by atomic mass is 9.84. The molecule has 1 aromatic rings. The zero-order chi connectivity index (χ0) is 13.3. The highest BCUT2D eigenvalue weighted by Gasteiger charge is 2.39. The van der Waals surface area contributed by atoms with Crippen molar-refractivity contribution in [2.75, 3.05) is 32.7 Å². The van der Waals surface area contributed by atoms with Crippen molar-refractivity contribution < 1.29 is 0 Å². The molecule has 4 heteroatoms. The minimum absolute atomic E-state index is 0.255. The van der Waals surface area contributed by atoms with Crippen molar-refractivity contribution in [3.63, 3.8) is 0 Å². The number of fused-ring (bicyclic) bond motifs is 1. The molecule has 0 bridgehead atoms. The first-order chi connectivity index (χ1) is 9.27. The molecule has 0 saturated carbocycles. The average Bonchev–Trinajstić information content (AvgIpc) is 2.94. The molecule has 0 spiro atoms. The van der Waals surface area contributed by atoms with Gasteiger partial charge >= 0.3 is 0 Å². The quantitative estimate of drug-likeness (QED) is 0.917. The lowest BCUT2D eigenvalue weighted by Gasteiger charge is -2.49. The Morgan fingerprint density at radius 1 is 1.32 bits per heavy atom. The van der Waals surface area contributed by atoms with Gasteiger partial charge in [0.1, 0.15) is 0 Å². The van der Waals surface area contributed by atoms with Gasteiger partial charge in [0, 0.05) is 30.1 Å². The van der Waals surface area contributed by atoms with E-state index in [-0.39, 0.29) is 5.54 Å². The van der Waals surface area contributed by atoms with E-state index in [0.717, 1.165) is 13.1 Å². The molecule has 1 saturated heterocycles. The van der Waals surface area contributed by atoms with Crippen LogP contribution in [0.15, 0.2) is 11.4 Å². The topological polar surface area (TPSA) is 32.5 Å². The summed E-state index contributed by atoms with van der Waals surface area (Å²) >= 11 is 1.92. The molecular formula is C15H25N3S. The molecule has 2 aliphatic rings. The summed E-state index contributed by atoms with van der Waals surface area (Å²) in [5.74, 6) is 0. The Hall–Kier alpha value is -0.420. The van der Waals surface area contributed by atoms with E-state index in [4.69, 9.17) is 5.73 Å². The van der Waals surface area contributed by atoms with Gasteiger partial charge in [-0.25, -0.2) is 0 Å². The summed E-state index contributed by atoms with van der Waals surface area (Å²) in [6.45, 7) is 8.97. The summed E-state index contributed by atoms with van der Waals surface area (Å²) in [6, 6.07) is 2.30. The van der Waals surface area contributed by atoms with Gasteiger partial charge in [0.05, 0.1) is 0 Å². The second-order valence-corrected chi connectivity index (χ2v) is 6.90. The summed E-state index contributed by atoms with van der Waals surface area (Å²) in [7, 11) is 0. The van der Waals surface area contributed by atoms with Gasteiger partial charge in [0.15, 0.2) is 0 Å². The maximum absolute atomic E-state index is 6.19. The van der Waals surface area contributed by atoms with Crippen molar-refractivity contribution >= 4 is 11.3 Å². The van der Waals surface area contributed by atoms with Crippen LogP contribution in [0.1, 0.15) is 30.2 Å². The maximum Gasteiger partial charge on any atom is 0.0359 e. The molecule has 2 aliphatic heterocycles. The summed E-state index contributed by atoms with van der Waals surface area (Å²) < 4.78 is 0. The Labute approximate surface area is 120 Å². The smallest absolute Gasteiger partial charge is 0.0359 e. The molecule has 3 nitrogen and oxygen atoms in total. The van der Waals surface area contributed by atoms with Crippen LogP contribution in [0.25, 0.3) is 0 Å². The Morgan fingerprint density at radius 3 is 2.79 bits per heavy atom. The molecule has 0 atom stereocenters. The van der Waals surface area contributed by atoms with E-state index in [1.807, 2.05) is 11.3 Å². The Balaban J connectivity index is 1.73. The molecule has 0 unspecified atom stereocenters. The molecule has 106 valence electrons. The number of nitrogens with zero attached hydrogens (tertiary/aromatic N) is 2. The van der Waals surface area contributed by atoms with Crippen molar-refractivity contribution in [1.29, 1.82) is 0 Å². The normalized spacial score (nSPS) is 24.3. The standard InChI is InChI=1S/C15H25N3S/c1-2-17-8-5-15(12-16,6-9-17)18-7-3-14-13(11-18)4-10-19-14/h4,10H,2-3,5-9,11-12,16H2,1H3. The van der Waals surface area contributed by atoms with Crippen LogP contribution in [0.5, 0.6) is 0 Å². The van der Waals surface area contributed by atoms with Crippen LogP contribution in [0.2, 0.25) is 0 Å². The molecule has 0 aromatic carbocycles. The van der Waals surface area contributed by atoms with Crippen molar-refractivity contribution in [2.45, 2.75) is 38.3 Å². The lowest BCUT2D eigenvalue weighted by Crippen LogP contribution is -2.60. The van der Waals surface area contributed by atoms with Gasteiger partial charge in [-0.3, -0.25) is 4.90 Å². The number of hydrogen-bond acceptors (Lipinski definition) is 4. The van der Waals surface area contributed by atoms with Crippen LogP contribution in [0.3, 0.4) is 0 Å². The minimum Gasteiger partial charge on any atom is -0.329 e. The highest BCUT2D eigenvalue weighted by molar-refractivity contribution is 7.10. The zero-order valence-electron chi connectivity index (χ0n) is 11.9. The number of piperidine rings is 1. The van der Waals surface area contributed by atoms with Gasteiger partial charge in [0.25, 0.3) is 0 Å². The first-order valence-corrected chi connectivity index (χ1v) is 8.38. The molecule has 1 aromatic heterocycles. The van der Waals surface area contributed by atoms with Crippen LogP contribution in [-0.4, -0.2) is 48.1 Å². The Morgan fingerprint density at radius 2 is 2.11 bits per heavy atom. The van der Waals surface area contributed by atoms with Crippen LogP contribution < -0.4 is 5.73 Å². The Kier molecular flexibility index (Phi) is 3.94. The summed E-state index contributed by atoms with van der Waals surface area (Å²) in [6.07, 6.45) is 3.68. The van der Waals surface area contributed by atoms with Gasteiger partial charge < -0.3 is 10.6 Å². The number of likely N-dealkylation sites (tertiary alicyclic amines) is 1. The van der Waals surface area contributed by atoms with E-state index in [1.54, 1.807) is 10.4 Å². The van der Waals surface area contributed by atoms with Crippen LogP contribution in [0.4, 0.5) is 0 Å². The van der Waals surface area contributed by atoms with Crippen LogP contribution in [0, 0.1) is 0 Å². The third kappa shape index (κ3) is 2.47. The van der Waals surface area contributed by atoms with Crippen LogP contribution in [-0.2, 0) is 13.0 Å². The number of thiophene rings is 1.